The van der Waals surface area contributed by atoms with Crippen LogP contribution < -0.4 is 11.6 Å². The van der Waals surface area contributed by atoms with E-state index in [0.29, 0.717) is 19.3 Å². The van der Waals surface area contributed by atoms with Crippen LogP contribution in [0.3, 0.4) is 0 Å². The molecule has 0 aromatic rings. The first-order valence-electron chi connectivity index (χ1n) is 14.1. The van der Waals surface area contributed by atoms with E-state index in [9.17, 15) is 14.7 Å². The molecule has 6 heteroatoms. The quantitative estimate of drug-likeness (QED) is 0.336. The van der Waals surface area contributed by atoms with Crippen molar-refractivity contribution in [1.29, 1.82) is 0 Å². The molecule has 6 nitrogen and oxygen atoms in total. The standard InChI is InChI=1S/C30H48N2O4/c1-24(2)21-8-9-29(7)22(27(21,5)13-15-30(24,31)36-32)20(33)16-18-19-17-26(4,23(34)35)11-10-25(19,3)12-14-28(18,29)6/h16,19,21-22H,8-15,17,31-32H2,1-7H3,(H,34,35)/t19-,21?,22-,25-,26+,27+,28-,29-,30+/m1/s1. The number of hydrogen-bond acceptors (Lipinski definition) is 5. The van der Waals surface area contributed by atoms with Crippen LogP contribution in [0.15, 0.2) is 11.6 Å². The predicted molar refractivity (Wildman–Crippen MR) is 139 cm³/mol. The van der Waals surface area contributed by atoms with Crippen LogP contribution in [0.4, 0.5) is 0 Å². The summed E-state index contributed by atoms with van der Waals surface area (Å²) in [5, 5.41) is 10.1. The van der Waals surface area contributed by atoms with Crippen LogP contribution in [0.1, 0.15) is 106 Å². The summed E-state index contributed by atoms with van der Waals surface area (Å²) < 4.78 is 0. The lowest BCUT2D eigenvalue weighted by atomic mass is 9.33. The first-order chi connectivity index (χ1) is 16.4. The van der Waals surface area contributed by atoms with Gasteiger partial charge in [-0.1, -0.05) is 47.1 Å². The molecule has 0 aromatic carbocycles. The number of carboxylic acids is 1. The molecule has 0 aromatic heterocycles. The van der Waals surface area contributed by atoms with Gasteiger partial charge in [0, 0.05) is 11.3 Å². The Morgan fingerprint density at radius 2 is 1.61 bits per heavy atom. The van der Waals surface area contributed by atoms with E-state index in [1.54, 1.807) is 0 Å². The van der Waals surface area contributed by atoms with E-state index in [-0.39, 0.29) is 50.6 Å². The molecular formula is C30H48N2O4. The smallest absolute Gasteiger partial charge is 0.309 e. The van der Waals surface area contributed by atoms with Gasteiger partial charge in [0.1, 0.15) is 5.72 Å². The molecule has 5 rings (SSSR count). The van der Waals surface area contributed by atoms with Gasteiger partial charge in [-0.3, -0.25) is 14.4 Å². The lowest BCUT2D eigenvalue weighted by molar-refractivity contribution is -0.244. The van der Waals surface area contributed by atoms with Crippen molar-refractivity contribution in [3.63, 3.8) is 0 Å². The minimum atomic E-state index is -0.899. The average Bonchev–Trinajstić information content (AvgIpc) is 2.79. The zero-order valence-electron chi connectivity index (χ0n) is 23.5. The zero-order chi connectivity index (χ0) is 26.7. The van der Waals surface area contributed by atoms with Crippen molar-refractivity contribution in [1.82, 2.24) is 0 Å². The molecule has 9 atom stereocenters. The van der Waals surface area contributed by atoms with Crippen LogP contribution in [0.25, 0.3) is 0 Å². The predicted octanol–water partition coefficient (Wildman–Crippen LogP) is 5.60. The Kier molecular flexibility index (Phi) is 5.45. The Balaban J connectivity index is 1.61. The molecule has 1 unspecified atom stereocenters. The second-order valence-corrected chi connectivity index (χ2v) is 15.3. The molecular weight excluding hydrogens is 452 g/mol. The highest BCUT2D eigenvalue weighted by atomic mass is 16.6. The summed E-state index contributed by atoms with van der Waals surface area (Å²) in [7, 11) is 0. The summed E-state index contributed by atoms with van der Waals surface area (Å²) >= 11 is 0. The van der Waals surface area contributed by atoms with Crippen LogP contribution in [0.2, 0.25) is 0 Å². The van der Waals surface area contributed by atoms with Gasteiger partial charge in [-0.15, -0.1) is 0 Å². The fourth-order valence-corrected chi connectivity index (χ4v) is 10.6. The zero-order valence-corrected chi connectivity index (χ0v) is 23.5. The average molecular weight is 501 g/mol. The topological polar surface area (TPSA) is 116 Å². The summed E-state index contributed by atoms with van der Waals surface area (Å²) in [6.07, 6.45) is 9.82. The molecule has 36 heavy (non-hydrogen) atoms. The number of aliphatic carboxylic acids is 1. The fraction of sp³-hybridized carbons (Fsp3) is 0.867. The van der Waals surface area contributed by atoms with Crippen molar-refractivity contribution in [3.05, 3.63) is 11.6 Å². The van der Waals surface area contributed by atoms with Gasteiger partial charge in [-0.2, -0.15) is 0 Å². The van der Waals surface area contributed by atoms with E-state index in [4.69, 9.17) is 16.5 Å². The van der Waals surface area contributed by atoms with Crippen molar-refractivity contribution in [3.8, 4) is 0 Å². The number of rotatable bonds is 2. The number of ketones is 1. The number of allylic oxidation sites excluding steroid dienone is 2. The molecule has 0 saturated heterocycles. The molecule has 5 aliphatic rings. The van der Waals surface area contributed by atoms with Gasteiger partial charge in [0.25, 0.3) is 0 Å². The normalized spacial score (nSPS) is 53.9. The summed E-state index contributed by atoms with van der Waals surface area (Å²) in [4.78, 5) is 32.0. The monoisotopic (exact) mass is 500 g/mol. The number of carbonyl (C=O) groups is 2. The van der Waals surface area contributed by atoms with Crippen molar-refractivity contribution >= 4 is 11.8 Å². The Morgan fingerprint density at radius 3 is 2.22 bits per heavy atom. The Bertz CT molecular complexity index is 1040. The molecule has 0 spiro atoms. The maximum Gasteiger partial charge on any atom is 0.309 e. The first kappa shape index (κ1) is 26.4. The number of carbonyl (C=O) groups excluding carboxylic acids is 1. The number of carboxylic acid groups (broad SMARTS) is 1. The molecule has 0 heterocycles. The van der Waals surface area contributed by atoms with Gasteiger partial charge in [-0.05, 0) is 104 Å². The van der Waals surface area contributed by atoms with Crippen LogP contribution in [0, 0.1) is 50.2 Å². The maximum atomic E-state index is 14.3. The van der Waals surface area contributed by atoms with Crippen LogP contribution in [-0.4, -0.2) is 22.6 Å². The molecule has 0 amide bonds. The minimum absolute atomic E-state index is 0.0648. The SMILES string of the molecule is CC1(C)C2CC[C@]3(C)[C@H](C(=O)C=C4[C@H]5C[C@@](C)(C(=O)O)CC[C@]5(C)CC[C@]43C)[C@@]2(C)CC[C@]1(N)ON. The van der Waals surface area contributed by atoms with Gasteiger partial charge in [0.2, 0.25) is 0 Å². The third-order valence-corrected chi connectivity index (χ3v) is 13.6. The molecule has 0 bridgehead atoms. The number of nitrogens with two attached hydrogens (primary N) is 2. The second kappa shape index (κ2) is 7.45. The lowest BCUT2D eigenvalue weighted by Crippen LogP contribution is -2.71. The highest BCUT2D eigenvalue weighted by Gasteiger charge is 2.71. The fourth-order valence-electron chi connectivity index (χ4n) is 10.6. The molecule has 4 saturated carbocycles. The van der Waals surface area contributed by atoms with Crippen LogP contribution >= 0.6 is 0 Å². The number of fused-ring (bicyclic) bond motifs is 7. The summed E-state index contributed by atoms with van der Waals surface area (Å²) in [5.41, 5.74) is 5.56. The highest BCUT2D eigenvalue weighted by Crippen LogP contribution is 2.75. The summed E-state index contributed by atoms with van der Waals surface area (Å²) in [5.74, 6) is 5.58. The van der Waals surface area contributed by atoms with Gasteiger partial charge in [0.15, 0.2) is 5.78 Å². The van der Waals surface area contributed by atoms with E-state index in [2.05, 4.69) is 41.5 Å². The molecule has 4 fully saturated rings. The number of hydrogen-bond donors (Lipinski definition) is 3. The van der Waals surface area contributed by atoms with Crippen LogP contribution in [0.5, 0.6) is 0 Å². The van der Waals surface area contributed by atoms with Gasteiger partial charge < -0.3 is 10.8 Å². The molecule has 0 radical (unpaired) electrons. The van der Waals surface area contributed by atoms with Crippen molar-refractivity contribution in [2.75, 3.05) is 0 Å². The van der Waals surface area contributed by atoms with Crippen molar-refractivity contribution in [2.24, 2.45) is 61.9 Å². The largest absolute Gasteiger partial charge is 0.481 e. The van der Waals surface area contributed by atoms with Crippen LogP contribution in [-0.2, 0) is 14.4 Å². The van der Waals surface area contributed by atoms with Gasteiger partial charge in [-0.25, -0.2) is 5.90 Å². The first-order valence-corrected chi connectivity index (χ1v) is 14.1. The highest BCUT2D eigenvalue weighted by molar-refractivity contribution is 5.95. The molecule has 202 valence electrons. The van der Waals surface area contributed by atoms with Gasteiger partial charge in [0.05, 0.1) is 5.41 Å². The van der Waals surface area contributed by atoms with E-state index >= 15 is 0 Å². The molecule has 0 aliphatic heterocycles. The van der Waals surface area contributed by atoms with E-state index in [1.807, 2.05) is 13.0 Å². The van der Waals surface area contributed by atoms with Crippen molar-refractivity contribution in [2.45, 2.75) is 112 Å². The lowest BCUT2D eigenvalue weighted by Gasteiger charge is -2.71. The van der Waals surface area contributed by atoms with Crippen molar-refractivity contribution < 1.29 is 19.5 Å². The Labute approximate surface area is 216 Å². The third-order valence-electron chi connectivity index (χ3n) is 13.6. The van der Waals surface area contributed by atoms with E-state index in [1.165, 1.54) is 5.57 Å². The summed E-state index contributed by atoms with van der Waals surface area (Å²) in [6.45, 7) is 15.7. The second-order valence-electron chi connectivity index (χ2n) is 15.3. The Hall–Kier alpha value is -1.24. The third kappa shape index (κ3) is 2.95. The summed E-state index contributed by atoms with van der Waals surface area (Å²) in [6, 6.07) is 0. The van der Waals surface area contributed by atoms with E-state index < -0.39 is 17.1 Å². The van der Waals surface area contributed by atoms with E-state index in [0.717, 1.165) is 38.5 Å². The molecule has 5 N–H and O–H groups in total. The maximum absolute atomic E-state index is 14.3. The van der Waals surface area contributed by atoms with Gasteiger partial charge >= 0.3 is 5.97 Å². The Morgan fingerprint density at radius 1 is 0.972 bits per heavy atom. The molecule has 5 aliphatic carbocycles. The minimum Gasteiger partial charge on any atom is -0.481 e.